The summed E-state index contributed by atoms with van der Waals surface area (Å²) in [4.78, 5) is 15.2. The molecule has 0 saturated carbocycles. The fraction of sp³-hybridized carbons (Fsp3) is 0.400. The van der Waals surface area contributed by atoms with Crippen molar-refractivity contribution in [2.24, 2.45) is 0 Å². The highest BCUT2D eigenvalue weighted by Gasteiger charge is 2.26. The van der Waals surface area contributed by atoms with Crippen LogP contribution in [0.5, 0.6) is 0 Å². The topological polar surface area (TPSA) is 68.1 Å². The second-order valence-corrected chi connectivity index (χ2v) is 6.03. The molecule has 6 heteroatoms. The first-order chi connectivity index (χ1) is 9.95. The molecule has 2 aromatic rings. The largest absolute Gasteiger partial charge is 0.314 e. The van der Waals surface area contributed by atoms with E-state index in [-0.39, 0.29) is 22.6 Å². The van der Waals surface area contributed by atoms with Crippen molar-refractivity contribution in [3.8, 4) is 0 Å². The summed E-state index contributed by atoms with van der Waals surface area (Å²) in [6.07, 6.45) is 1.36. The van der Waals surface area contributed by atoms with Crippen molar-refractivity contribution in [3.05, 3.63) is 44.5 Å². The molecule has 2 rings (SSSR count). The highest BCUT2D eigenvalue weighted by Crippen LogP contribution is 2.35. The molecule has 0 aliphatic carbocycles. The summed E-state index contributed by atoms with van der Waals surface area (Å²) >= 11 is 3.43. The first-order valence-electron chi connectivity index (χ1n) is 6.91. The molecule has 1 heterocycles. The van der Waals surface area contributed by atoms with Crippen LogP contribution >= 0.6 is 15.9 Å². The predicted octanol–water partition coefficient (Wildman–Crippen LogP) is 4.01. The van der Waals surface area contributed by atoms with E-state index in [0.717, 1.165) is 27.5 Å². The van der Waals surface area contributed by atoms with Crippen molar-refractivity contribution in [2.45, 2.75) is 32.7 Å². The number of nitrogens with one attached hydrogen (secondary N) is 1. The molecule has 0 aliphatic heterocycles. The maximum absolute atomic E-state index is 11.4. The number of halogens is 1. The smallest absolute Gasteiger partial charge is 0.291 e. The van der Waals surface area contributed by atoms with Gasteiger partial charge in [-0.05, 0) is 31.7 Å². The quantitative estimate of drug-likeness (QED) is 0.652. The van der Waals surface area contributed by atoms with E-state index in [0.29, 0.717) is 0 Å². The molecule has 0 fully saturated rings. The number of aromatic nitrogens is 1. The second kappa shape index (κ2) is 6.49. The van der Waals surface area contributed by atoms with Gasteiger partial charge in [-0.25, -0.2) is 4.98 Å². The lowest BCUT2D eigenvalue weighted by Crippen LogP contribution is -2.31. The van der Waals surface area contributed by atoms with Crippen LogP contribution < -0.4 is 5.32 Å². The lowest BCUT2D eigenvalue weighted by molar-refractivity contribution is -0.385. The Bertz CT molecular complexity index is 675. The van der Waals surface area contributed by atoms with Crippen molar-refractivity contribution in [2.75, 3.05) is 6.54 Å². The SMILES string of the molecule is CCNC(C)C(C)c1c([N+](=O)[O-])cnc2ccc(Br)cc12. The van der Waals surface area contributed by atoms with E-state index in [9.17, 15) is 10.1 Å². The fourth-order valence-corrected chi connectivity index (χ4v) is 2.91. The van der Waals surface area contributed by atoms with Crippen LogP contribution in [0.3, 0.4) is 0 Å². The Hall–Kier alpha value is -1.53. The van der Waals surface area contributed by atoms with Crippen LogP contribution in [0.25, 0.3) is 10.9 Å². The maximum atomic E-state index is 11.4. The Labute approximate surface area is 132 Å². The van der Waals surface area contributed by atoms with Crippen molar-refractivity contribution >= 4 is 32.5 Å². The van der Waals surface area contributed by atoms with Gasteiger partial charge in [-0.15, -0.1) is 0 Å². The molecule has 2 atom stereocenters. The molecule has 1 aromatic carbocycles. The van der Waals surface area contributed by atoms with Crippen molar-refractivity contribution in [1.82, 2.24) is 10.3 Å². The third-order valence-electron chi connectivity index (χ3n) is 3.78. The van der Waals surface area contributed by atoms with Crippen molar-refractivity contribution in [1.29, 1.82) is 0 Å². The van der Waals surface area contributed by atoms with Crippen LogP contribution in [0.2, 0.25) is 0 Å². The average molecular weight is 352 g/mol. The van der Waals surface area contributed by atoms with Crippen LogP contribution in [-0.2, 0) is 0 Å². The monoisotopic (exact) mass is 351 g/mol. The molecule has 0 spiro atoms. The first-order valence-corrected chi connectivity index (χ1v) is 7.71. The minimum absolute atomic E-state index is 0.00477. The molecule has 0 aliphatic rings. The molecule has 1 aromatic heterocycles. The number of hydrogen-bond acceptors (Lipinski definition) is 4. The zero-order valence-corrected chi connectivity index (χ0v) is 13.8. The van der Waals surface area contributed by atoms with Gasteiger partial charge in [0.15, 0.2) is 0 Å². The van der Waals surface area contributed by atoms with E-state index < -0.39 is 0 Å². The molecule has 1 N–H and O–H groups in total. The van der Waals surface area contributed by atoms with E-state index in [4.69, 9.17) is 0 Å². The van der Waals surface area contributed by atoms with E-state index in [1.54, 1.807) is 0 Å². The summed E-state index contributed by atoms with van der Waals surface area (Å²) in [5.74, 6) is 0.00477. The number of nitrogens with zero attached hydrogens (tertiary/aromatic N) is 2. The molecule has 0 saturated heterocycles. The molecule has 0 radical (unpaired) electrons. The summed E-state index contributed by atoms with van der Waals surface area (Å²) in [6, 6.07) is 5.80. The van der Waals surface area contributed by atoms with E-state index in [2.05, 4.69) is 26.2 Å². The predicted molar refractivity (Wildman–Crippen MR) is 87.7 cm³/mol. The molecule has 21 heavy (non-hydrogen) atoms. The number of likely N-dealkylation sites (N-methyl/N-ethyl adjacent to an activating group) is 1. The van der Waals surface area contributed by atoms with Gasteiger partial charge in [0.05, 0.1) is 10.4 Å². The van der Waals surface area contributed by atoms with E-state index >= 15 is 0 Å². The molecule has 0 bridgehead atoms. The molecule has 0 amide bonds. The number of fused-ring (bicyclic) bond motifs is 1. The number of hydrogen-bond donors (Lipinski definition) is 1. The third kappa shape index (κ3) is 3.22. The van der Waals surface area contributed by atoms with Gasteiger partial charge in [0.25, 0.3) is 5.69 Å². The Morgan fingerprint density at radius 3 is 2.76 bits per heavy atom. The number of nitro groups is 1. The molecule has 5 nitrogen and oxygen atoms in total. The van der Waals surface area contributed by atoms with Gasteiger partial charge in [0, 0.05) is 27.4 Å². The van der Waals surface area contributed by atoms with Crippen LogP contribution in [0.1, 0.15) is 32.3 Å². The maximum Gasteiger partial charge on any atom is 0.291 e. The van der Waals surface area contributed by atoms with Crippen molar-refractivity contribution < 1.29 is 4.92 Å². The van der Waals surface area contributed by atoms with Gasteiger partial charge in [0.1, 0.15) is 6.20 Å². The van der Waals surface area contributed by atoms with Gasteiger partial charge in [-0.1, -0.05) is 29.8 Å². The summed E-state index contributed by atoms with van der Waals surface area (Å²) in [5, 5.41) is 15.5. The molecular weight excluding hydrogens is 334 g/mol. The summed E-state index contributed by atoms with van der Waals surface area (Å²) in [6.45, 7) is 6.91. The number of rotatable bonds is 5. The van der Waals surface area contributed by atoms with Gasteiger partial charge < -0.3 is 5.32 Å². The van der Waals surface area contributed by atoms with E-state index in [1.165, 1.54) is 6.20 Å². The second-order valence-electron chi connectivity index (χ2n) is 5.11. The minimum Gasteiger partial charge on any atom is -0.314 e. The highest BCUT2D eigenvalue weighted by molar-refractivity contribution is 9.10. The van der Waals surface area contributed by atoms with E-state index in [1.807, 2.05) is 39.0 Å². The lowest BCUT2D eigenvalue weighted by Gasteiger charge is -2.22. The average Bonchev–Trinajstić information content (AvgIpc) is 2.45. The van der Waals surface area contributed by atoms with Gasteiger partial charge in [-0.2, -0.15) is 0 Å². The Morgan fingerprint density at radius 2 is 2.14 bits per heavy atom. The van der Waals surface area contributed by atoms with Crippen LogP contribution in [0, 0.1) is 10.1 Å². The summed E-state index contributed by atoms with van der Waals surface area (Å²) < 4.78 is 0.891. The zero-order valence-electron chi connectivity index (χ0n) is 12.3. The van der Waals surface area contributed by atoms with Crippen LogP contribution in [-0.4, -0.2) is 22.5 Å². The summed E-state index contributed by atoms with van der Waals surface area (Å²) in [7, 11) is 0. The molecule has 112 valence electrons. The Balaban J connectivity index is 2.69. The Morgan fingerprint density at radius 1 is 1.43 bits per heavy atom. The fourth-order valence-electron chi connectivity index (χ4n) is 2.55. The minimum atomic E-state index is -0.349. The highest BCUT2D eigenvalue weighted by atomic mass is 79.9. The standard InChI is InChI=1S/C15H18BrN3O2/c1-4-17-10(3)9(2)15-12-7-11(16)5-6-13(12)18-8-14(15)19(20)21/h5-10,17H,4H2,1-3H3. The lowest BCUT2D eigenvalue weighted by atomic mass is 9.90. The Kier molecular flexibility index (Phi) is 4.90. The molecular formula is C15H18BrN3O2. The van der Waals surface area contributed by atoms with Crippen LogP contribution in [0.4, 0.5) is 5.69 Å². The first kappa shape index (κ1) is 15.9. The van der Waals surface area contributed by atoms with Crippen molar-refractivity contribution in [3.63, 3.8) is 0 Å². The summed E-state index contributed by atoms with van der Waals surface area (Å²) in [5.41, 5.74) is 1.59. The number of benzene rings is 1. The number of pyridine rings is 1. The van der Waals surface area contributed by atoms with Gasteiger partial charge in [0.2, 0.25) is 0 Å². The van der Waals surface area contributed by atoms with Crippen LogP contribution in [0.15, 0.2) is 28.9 Å². The third-order valence-corrected chi connectivity index (χ3v) is 4.27. The van der Waals surface area contributed by atoms with Gasteiger partial charge in [-0.3, -0.25) is 10.1 Å². The zero-order chi connectivity index (χ0) is 15.6. The normalized spacial score (nSPS) is 14.1. The van der Waals surface area contributed by atoms with Gasteiger partial charge >= 0.3 is 0 Å². The molecule has 2 unspecified atom stereocenters.